The second-order valence-corrected chi connectivity index (χ2v) is 3.79. The lowest BCUT2D eigenvalue weighted by atomic mass is 10.1. The largest absolute Gasteiger partial charge is 0.480 e. The first-order valence-corrected chi connectivity index (χ1v) is 5.35. The first kappa shape index (κ1) is 12.1. The Balaban J connectivity index is 2.20. The van der Waals surface area contributed by atoms with E-state index in [4.69, 9.17) is 5.11 Å². The number of hydroxylamine groups is 1. The van der Waals surface area contributed by atoms with Crippen molar-refractivity contribution < 1.29 is 19.5 Å². The Morgan fingerprint density at radius 1 is 1.50 bits per heavy atom. The van der Waals surface area contributed by atoms with Crippen LogP contribution in [0.4, 0.5) is 0 Å². The zero-order chi connectivity index (χ0) is 13.0. The molecule has 1 atom stereocenters. The standard InChI is InChI=1S/C12H12N2O4/c15-7-18-14-11(12(16)17)5-8-6-13-10-4-2-1-3-9(8)10/h1-4,6-7,11,13-14H,5H2,(H,16,17)/t11-/m0/s1. The summed E-state index contributed by atoms with van der Waals surface area (Å²) in [6.45, 7) is 0.158. The SMILES string of the molecule is O=CON[C@@H](Cc1c[nH]c2ccccc12)C(=O)O. The highest BCUT2D eigenvalue weighted by Gasteiger charge is 2.20. The van der Waals surface area contributed by atoms with Crippen LogP contribution < -0.4 is 5.48 Å². The van der Waals surface area contributed by atoms with Crippen molar-refractivity contribution in [1.29, 1.82) is 0 Å². The number of H-pyrrole nitrogens is 1. The van der Waals surface area contributed by atoms with Crippen molar-refractivity contribution in [3.63, 3.8) is 0 Å². The van der Waals surface area contributed by atoms with Gasteiger partial charge in [0.15, 0.2) is 0 Å². The zero-order valence-corrected chi connectivity index (χ0v) is 9.42. The highest BCUT2D eigenvalue weighted by Crippen LogP contribution is 2.19. The lowest BCUT2D eigenvalue weighted by molar-refractivity contribution is -0.148. The number of carbonyl (C=O) groups excluding carboxylic acids is 1. The number of aliphatic carboxylic acids is 1. The van der Waals surface area contributed by atoms with Gasteiger partial charge < -0.3 is 14.9 Å². The van der Waals surface area contributed by atoms with Crippen LogP contribution in [0.25, 0.3) is 10.9 Å². The van der Waals surface area contributed by atoms with E-state index >= 15 is 0 Å². The molecule has 0 bridgehead atoms. The summed E-state index contributed by atoms with van der Waals surface area (Å²) < 4.78 is 0. The fourth-order valence-electron chi connectivity index (χ4n) is 1.81. The zero-order valence-electron chi connectivity index (χ0n) is 9.42. The molecule has 0 saturated carbocycles. The van der Waals surface area contributed by atoms with Crippen molar-refractivity contribution in [2.24, 2.45) is 0 Å². The molecule has 3 N–H and O–H groups in total. The fraction of sp³-hybridized carbons (Fsp3) is 0.167. The van der Waals surface area contributed by atoms with Gasteiger partial charge in [-0.25, -0.2) is 0 Å². The number of fused-ring (bicyclic) bond motifs is 1. The van der Waals surface area contributed by atoms with Crippen LogP contribution in [-0.2, 0) is 20.8 Å². The van der Waals surface area contributed by atoms with E-state index in [-0.39, 0.29) is 12.9 Å². The molecular weight excluding hydrogens is 236 g/mol. The number of carboxylic acids is 1. The Labute approximate surface area is 103 Å². The van der Waals surface area contributed by atoms with Crippen LogP contribution in [-0.4, -0.2) is 28.6 Å². The summed E-state index contributed by atoms with van der Waals surface area (Å²) in [5, 5.41) is 9.96. The first-order chi connectivity index (χ1) is 8.72. The summed E-state index contributed by atoms with van der Waals surface area (Å²) in [7, 11) is 0. The number of hydrogen-bond acceptors (Lipinski definition) is 4. The Hall–Kier alpha value is -2.34. The van der Waals surface area contributed by atoms with Gasteiger partial charge in [-0.05, 0) is 11.6 Å². The third kappa shape index (κ3) is 2.49. The van der Waals surface area contributed by atoms with Crippen molar-refractivity contribution in [2.45, 2.75) is 12.5 Å². The molecule has 18 heavy (non-hydrogen) atoms. The molecule has 0 fully saturated rings. The quantitative estimate of drug-likeness (QED) is 0.520. The first-order valence-electron chi connectivity index (χ1n) is 5.35. The number of hydrogen-bond donors (Lipinski definition) is 3. The summed E-state index contributed by atoms with van der Waals surface area (Å²) in [6.07, 6.45) is 1.97. The Morgan fingerprint density at radius 2 is 2.28 bits per heavy atom. The van der Waals surface area contributed by atoms with E-state index in [1.165, 1.54) is 0 Å². The van der Waals surface area contributed by atoms with Gasteiger partial charge in [-0.15, -0.1) is 5.48 Å². The molecule has 2 aromatic rings. The minimum Gasteiger partial charge on any atom is -0.480 e. The van der Waals surface area contributed by atoms with Crippen LogP contribution in [0, 0.1) is 0 Å². The normalized spacial score (nSPS) is 12.2. The third-order valence-electron chi connectivity index (χ3n) is 2.66. The second-order valence-electron chi connectivity index (χ2n) is 3.79. The molecule has 0 amide bonds. The van der Waals surface area contributed by atoms with Crippen molar-refractivity contribution in [1.82, 2.24) is 10.5 Å². The number of benzene rings is 1. The molecule has 94 valence electrons. The summed E-state index contributed by atoms with van der Waals surface area (Å²) in [5.41, 5.74) is 3.98. The summed E-state index contributed by atoms with van der Waals surface area (Å²) in [5.74, 6) is -1.08. The van der Waals surface area contributed by atoms with Gasteiger partial charge in [-0.2, -0.15) is 0 Å². The van der Waals surface area contributed by atoms with Crippen LogP contribution in [0.2, 0.25) is 0 Å². The molecule has 1 aromatic heterocycles. The maximum absolute atomic E-state index is 11.0. The highest BCUT2D eigenvalue weighted by atomic mass is 16.7. The molecule has 1 aromatic carbocycles. The van der Waals surface area contributed by atoms with Crippen molar-refractivity contribution in [3.05, 3.63) is 36.0 Å². The van der Waals surface area contributed by atoms with E-state index in [1.54, 1.807) is 6.20 Å². The second kappa shape index (κ2) is 5.33. The molecule has 2 rings (SSSR count). The number of para-hydroxylation sites is 1. The minimum absolute atomic E-state index is 0.158. The smallest absolute Gasteiger partial charge is 0.324 e. The number of rotatable bonds is 6. The van der Waals surface area contributed by atoms with Crippen LogP contribution >= 0.6 is 0 Å². The number of aromatic amines is 1. The van der Waals surface area contributed by atoms with E-state index in [0.29, 0.717) is 0 Å². The van der Waals surface area contributed by atoms with Crippen LogP contribution in [0.15, 0.2) is 30.5 Å². The van der Waals surface area contributed by atoms with Gasteiger partial charge in [0.1, 0.15) is 6.04 Å². The molecule has 0 radical (unpaired) electrons. The monoisotopic (exact) mass is 248 g/mol. The van der Waals surface area contributed by atoms with Crippen molar-refractivity contribution >= 4 is 23.3 Å². The van der Waals surface area contributed by atoms with Crippen molar-refractivity contribution in [3.8, 4) is 0 Å². The molecule has 0 unspecified atom stereocenters. The minimum atomic E-state index is -1.08. The topological polar surface area (TPSA) is 91.4 Å². The number of aromatic nitrogens is 1. The van der Waals surface area contributed by atoms with Gasteiger partial charge in [0, 0.05) is 23.5 Å². The average molecular weight is 248 g/mol. The molecule has 0 aliphatic rings. The van der Waals surface area contributed by atoms with Crippen LogP contribution in [0.5, 0.6) is 0 Å². The van der Waals surface area contributed by atoms with E-state index < -0.39 is 12.0 Å². The van der Waals surface area contributed by atoms with Crippen molar-refractivity contribution in [2.75, 3.05) is 0 Å². The maximum atomic E-state index is 11.0. The van der Waals surface area contributed by atoms with Gasteiger partial charge in [0.2, 0.25) is 0 Å². The van der Waals surface area contributed by atoms with Gasteiger partial charge in [-0.3, -0.25) is 9.59 Å². The molecule has 1 heterocycles. The molecule has 6 nitrogen and oxygen atoms in total. The van der Waals surface area contributed by atoms with Gasteiger partial charge >= 0.3 is 12.4 Å². The van der Waals surface area contributed by atoms with E-state index in [2.05, 4.69) is 15.3 Å². The predicted molar refractivity (Wildman–Crippen MR) is 63.7 cm³/mol. The Morgan fingerprint density at radius 3 is 3.00 bits per heavy atom. The number of carbonyl (C=O) groups is 2. The molecule has 0 aliphatic carbocycles. The van der Waals surface area contributed by atoms with Crippen LogP contribution in [0.1, 0.15) is 5.56 Å². The predicted octanol–water partition coefficient (Wildman–Crippen LogP) is 0.841. The summed E-state index contributed by atoms with van der Waals surface area (Å²) >= 11 is 0. The van der Waals surface area contributed by atoms with E-state index in [1.807, 2.05) is 24.3 Å². The fourth-order valence-corrected chi connectivity index (χ4v) is 1.81. The van der Waals surface area contributed by atoms with E-state index in [9.17, 15) is 9.59 Å². The molecule has 6 heteroatoms. The molecule has 0 saturated heterocycles. The highest BCUT2D eigenvalue weighted by molar-refractivity contribution is 5.84. The van der Waals surface area contributed by atoms with Gasteiger partial charge in [-0.1, -0.05) is 18.2 Å². The number of carboxylic acid groups (broad SMARTS) is 1. The summed E-state index contributed by atoms with van der Waals surface area (Å²) in [4.78, 5) is 28.4. The lowest BCUT2D eigenvalue weighted by Crippen LogP contribution is -2.38. The Kier molecular flexibility index (Phi) is 3.59. The maximum Gasteiger partial charge on any atom is 0.324 e. The number of nitrogens with one attached hydrogen (secondary N) is 2. The van der Waals surface area contributed by atoms with Gasteiger partial charge in [0.05, 0.1) is 0 Å². The summed E-state index contributed by atoms with van der Waals surface area (Å²) in [6, 6.07) is 6.61. The van der Waals surface area contributed by atoms with Gasteiger partial charge in [0.25, 0.3) is 0 Å². The van der Waals surface area contributed by atoms with E-state index in [0.717, 1.165) is 16.5 Å². The van der Waals surface area contributed by atoms with Crippen LogP contribution in [0.3, 0.4) is 0 Å². The lowest BCUT2D eigenvalue weighted by Gasteiger charge is -2.11. The molecular formula is C12H12N2O4. The molecule has 0 aliphatic heterocycles. The molecule has 0 spiro atoms. The average Bonchev–Trinajstić information content (AvgIpc) is 2.77. The third-order valence-corrected chi connectivity index (χ3v) is 2.66. The Bertz CT molecular complexity index is 564.